The summed E-state index contributed by atoms with van der Waals surface area (Å²) < 4.78 is 10.6. The Morgan fingerprint density at radius 2 is 1.58 bits per heavy atom. The van der Waals surface area contributed by atoms with Crippen LogP contribution in [0.1, 0.15) is 48.1 Å². The van der Waals surface area contributed by atoms with Crippen molar-refractivity contribution >= 4 is 29.2 Å². The molecular weight excluding hydrogens is 484 g/mol. The molecule has 2 heterocycles. The molecule has 5 rings (SSSR count). The van der Waals surface area contributed by atoms with Gasteiger partial charge in [-0.15, -0.1) is 0 Å². The topological polar surface area (TPSA) is 85.4 Å². The largest absolute Gasteiger partial charge is 0.494 e. The lowest BCUT2D eigenvalue weighted by atomic mass is 9.90. The monoisotopic (exact) mass is 514 g/mol. The van der Waals surface area contributed by atoms with Crippen LogP contribution in [-0.2, 0) is 19.2 Å². The Labute approximate surface area is 221 Å². The van der Waals surface area contributed by atoms with Gasteiger partial charge in [0.15, 0.2) is 6.10 Å². The number of anilines is 2. The van der Waals surface area contributed by atoms with Crippen molar-refractivity contribution in [3.8, 4) is 5.75 Å². The zero-order valence-corrected chi connectivity index (χ0v) is 21.4. The molecule has 0 radical (unpaired) electrons. The number of amides is 2. The van der Waals surface area contributed by atoms with Crippen LogP contribution in [0.3, 0.4) is 0 Å². The number of methoxy groups -OCH3 is 1. The predicted octanol–water partition coefficient (Wildman–Crippen LogP) is 5.09. The van der Waals surface area contributed by atoms with Gasteiger partial charge in [0.05, 0.1) is 36.7 Å². The molecule has 0 N–H and O–H groups in total. The lowest BCUT2D eigenvalue weighted by molar-refractivity contribution is -0.126. The molecule has 2 amide bonds. The second-order valence-electron chi connectivity index (χ2n) is 9.33. The van der Waals surface area contributed by atoms with E-state index in [-0.39, 0.29) is 5.91 Å². The summed E-state index contributed by atoms with van der Waals surface area (Å²) in [6.45, 7) is 2.76. The number of hydrogen-bond donors (Lipinski definition) is 0. The molecule has 0 aliphatic carbocycles. The second kappa shape index (κ2) is 11.1. The highest BCUT2D eigenvalue weighted by Crippen LogP contribution is 2.47. The number of fused-ring (bicyclic) bond motifs is 1. The van der Waals surface area contributed by atoms with Gasteiger partial charge in [0.2, 0.25) is 5.91 Å². The highest BCUT2D eigenvalue weighted by Gasteiger charge is 2.60. The average Bonchev–Trinajstić information content (AvgIpc) is 3.47. The standard InChI is InChI=1S/C30H30N2O6/c1-3-4-8-19-37-24-17-15-22(16-18-24)31-28(33)25-26(20-11-13-21(14-12-20)30(35)36-2)32(38-27(25)29(31)34)23-9-6-5-7-10-23/h5-7,9-18,25-27H,3-4,8,19H2,1-2H3/t25-,26+,27-/m0/s1. The summed E-state index contributed by atoms with van der Waals surface area (Å²) in [6.07, 6.45) is 2.22. The van der Waals surface area contributed by atoms with Crippen molar-refractivity contribution in [2.75, 3.05) is 23.7 Å². The second-order valence-corrected chi connectivity index (χ2v) is 9.33. The summed E-state index contributed by atoms with van der Waals surface area (Å²) in [5, 5.41) is 1.63. The first-order chi connectivity index (χ1) is 18.5. The molecule has 0 spiro atoms. The Kier molecular flexibility index (Phi) is 7.42. The Morgan fingerprint density at radius 1 is 0.868 bits per heavy atom. The number of carbonyl (C=O) groups excluding carboxylic acids is 3. The van der Waals surface area contributed by atoms with E-state index >= 15 is 0 Å². The molecule has 8 heteroatoms. The third-order valence-electron chi connectivity index (χ3n) is 6.91. The Hall–Kier alpha value is -4.17. The fourth-order valence-electron chi connectivity index (χ4n) is 4.97. The molecule has 2 aliphatic rings. The van der Waals surface area contributed by atoms with Crippen molar-refractivity contribution < 1.29 is 28.7 Å². The van der Waals surface area contributed by atoms with E-state index in [1.807, 2.05) is 30.3 Å². The van der Waals surface area contributed by atoms with Gasteiger partial charge in [-0.1, -0.05) is 50.1 Å². The fourth-order valence-corrected chi connectivity index (χ4v) is 4.97. The number of para-hydroxylation sites is 1. The average molecular weight is 515 g/mol. The molecule has 196 valence electrons. The number of esters is 1. The fraction of sp³-hybridized carbons (Fsp3) is 0.300. The van der Waals surface area contributed by atoms with Crippen LogP contribution >= 0.6 is 0 Å². The lowest BCUT2D eigenvalue weighted by Crippen LogP contribution is -2.37. The molecule has 3 aromatic carbocycles. The molecular formula is C30H30N2O6. The quantitative estimate of drug-likeness (QED) is 0.223. The maximum absolute atomic E-state index is 13.8. The third kappa shape index (κ3) is 4.75. The summed E-state index contributed by atoms with van der Waals surface area (Å²) in [5.41, 5.74) is 2.34. The van der Waals surface area contributed by atoms with Gasteiger partial charge in [0.1, 0.15) is 11.7 Å². The minimum atomic E-state index is -0.974. The number of rotatable bonds is 9. The van der Waals surface area contributed by atoms with Crippen LogP contribution in [0, 0.1) is 5.92 Å². The molecule has 2 fully saturated rings. The zero-order valence-electron chi connectivity index (χ0n) is 21.4. The lowest BCUT2D eigenvalue weighted by Gasteiger charge is -2.28. The Bertz CT molecular complexity index is 1290. The summed E-state index contributed by atoms with van der Waals surface area (Å²) in [4.78, 5) is 46.7. The molecule has 0 saturated carbocycles. The maximum atomic E-state index is 13.8. The summed E-state index contributed by atoms with van der Waals surface area (Å²) >= 11 is 0. The van der Waals surface area contributed by atoms with E-state index in [2.05, 4.69) is 6.92 Å². The molecule has 2 saturated heterocycles. The van der Waals surface area contributed by atoms with E-state index in [0.717, 1.165) is 30.5 Å². The number of hydroxylamine groups is 1. The maximum Gasteiger partial charge on any atom is 0.337 e. The van der Waals surface area contributed by atoms with Gasteiger partial charge < -0.3 is 9.47 Å². The molecule has 0 unspecified atom stereocenters. The van der Waals surface area contributed by atoms with Crippen molar-refractivity contribution in [2.45, 2.75) is 38.3 Å². The SMILES string of the molecule is CCCCCOc1ccc(N2C(=O)[C@@H]3[C@H](ON(c4ccccc4)[C@@H]3c3ccc(C(=O)OC)cc3)C2=O)cc1. The number of hydrogen-bond acceptors (Lipinski definition) is 7. The van der Waals surface area contributed by atoms with E-state index in [9.17, 15) is 14.4 Å². The smallest absolute Gasteiger partial charge is 0.337 e. The normalized spacial score (nSPS) is 20.5. The minimum absolute atomic E-state index is 0.336. The van der Waals surface area contributed by atoms with Crippen LogP contribution in [-0.4, -0.2) is 37.6 Å². The summed E-state index contributed by atoms with van der Waals surface area (Å²) in [5.74, 6) is -1.27. The Morgan fingerprint density at radius 3 is 2.24 bits per heavy atom. The van der Waals surface area contributed by atoms with E-state index in [4.69, 9.17) is 14.3 Å². The first-order valence-electron chi connectivity index (χ1n) is 12.8. The summed E-state index contributed by atoms with van der Waals surface area (Å²) in [6, 6.07) is 22.6. The number of nitrogens with zero attached hydrogens (tertiary/aromatic N) is 2. The van der Waals surface area contributed by atoms with Gasteiger partial charge in [0, 0.05) is 0 Å². The minimum Gasteiger partial charge on any atom is -0.494 e. The third-order valence-corrected chi connectivity index (χ3v) is 6.91. The molecule has 0 aromatic heterocycles. The molecule has 3 atom stereocenters. The Balaban J connectivity index is 1.43. The van der Waals surface area contributed by atoms with E-state index in [1.165, 1.54) is 12.0 Å². The number of ether oxygens (including phenoxy) is 2. The van der Waals surface area contributed by atoms with Crippen LogP contribution in [0.25, 0.3) is 0 Å². The van der Waals surface area contributed by atoms with Gasteiger partial charge in [-0.3, -0.25) is 14.4 Å². The van der Waals surface area contributed by atoms with Crippen LogP contribution in [0.15, 0.2) is 78.9 Å². The highest BCUT2D eigenvalue weighted by molar-refractivity contribution is 6.24. The van der Waals surface area contributed by atoms with Gasteiger partial charge in [-0.25, -0.2) is 14.8 Å². The van der Waals surface area contributed by atoms with Crippen LogP contribution in [0.4, 0.5) is 11.4 Å². The van der Waals surface area contributed by atoms with Crippen molar-refractivity contribution in [3.63, 3.8) is 0 Å². The van der Waals surface area contributed by atoms with E-state index in [1.54, 1.807) is 53.6 Å². The van der Waals surface area contributed by atoms with E-state index in [0.29, 0.717) is 23.6 Å². The van der Waals surface area contributed by atoms with Crippen molar-refractivity contribution in [3.05, 3.63) is 90.0 Å². The zero-order chi connectivity index (χ0) is 26.6. The van der Waals surface area contributed by atoms with Gasteiger partial charge in [-0.05, 0) is 60.5 Å². The molecule has 0 bridgehead atoms. The predicted molar refractivity (Wildman–Crippen MR) is 142 cm³/mol. The number of unbranched alkanes of at least 4 members (excludes halogenated alkanes) is 2. The molecule has 2 aliphatic heterocycles. The number of benzene rings is 3. The first-order valence-corrected chi connectivity index (χ1v) is 12.8. The van der Waals surface area contributed by atoms with Crippen molar-refractivity contribution in [1.29, 1.82) is 0 Å². The van der Waals surface area contributed by atoms with Crippen LogP contribution < -0.4 is 14.7 Å². The van der Waals surface area contributed by atoms with Crippen molar-refractivity contribution in [2.24, 2.45) is 5.92 Å². The van der Waals surface area contributed by atoms with Gasteiger partial charge in [-0.2, -0.15) is 0 Å². The number of carbonyl (C=O) groups is 3. The van der Waals surface area contributed by atoms with Crippen LogP contribution in [0.2, 0.25) is 0 Å². The number of imide groups is 1. The summed E-state index contributed by atoms with van der Waals surface area (Å²) in [7, 11) is 1.32. The highest BCUT2D eigenvalue weighted by atomic mass is 16.7. The first kappa shape index (κ1) is 25.5. The molecule has 3 aromatic rings. The molecule has 8 nitrogen and oxygen atoms in total. The van der Waals surface area contributed by atoms with Crippen molar-refractivity contribution in [1.82, 2.24) is 0 Å². The van der Waals surface area contributed by atoms with Gasteiger partial charge >= 0.3 is 5.97 Å². The van der Waals surface area contributed by atoms with Gasteiger partial charge in [0.25, 0.3) is 5.91 Å². The molecule has 38 heavy (non-hydrogen) atoms. The van der Waals surface area contributed by atoms with Crippen LogP contribution in [0.5, 0.6) is 5.75 Å². The van der Waals surface area contributed by atoms with E-state index < -0.39 is 29.9 Å².